The average Bonchev–Trinajstić information content (AvgIpc) is 2.92. The minimum atomic E-state index is 0.188. The molecule has 6 heteroatoms. The van der Waals surface area contributed by atoms with Crippen molar-refractivity contribution in [2.45, 2.75) is 46.1 Å². The third-order valence-electron chi connectivity index (χ3n) is 2.76. The fourth-order valence-corrected chi connectivity index (χ4v) is 4.18. The fraction of sp³-hybridized carbons (Fsp3) is 0.571. The van der Waals surface area contributed by atoms with Crippen molar-refractivity contribution < 1.29 is 0 Å². The third-order valence-corrected chi connectivity index (χ3v) is 6.05. The molecule has 2 rings (SSSR count). The number of aromatic nitrogens is 2. The van der Waals surface area contributed by atoms with Crippen molar-refractivity contribution in [3.63, 3.8) is 0 Å². The van der Waals surface area contributed by atoms with Crippen LogP contribution in [0.25, 0.3) is 9.88 Å². The molecule has 0 radical (unpaired) electrons. The number of hydrogen-bond acceptors (Lipinski definition) is 5. The Morgan fingerprint density at radius 2 is 2.00 bits per heavy atom. The average molecular weight is 374 g/mol. The van der Waals surface area contributed by atoms with Crippen LogP contribution in [0.3, 0.4) is 0 Å². The summed E-state index contributed by atoms with van der Waals surface area (Å²) in [5.41, 5.74) is 1.45. The summed E-state index contributed by atoms with van der Waals surface area (Å²) in [5.74, 6) is 0. The van der Waals surface area contributed by atoms with Crippen LogP contribution in [-0.4, -0.2) is 22.3 Å². The molecule has 0 unspecified atom stereocenters. The second kappa shape index (κ2) is 6.64. The smallest absolute Gasteiger partial charge is 0.157 e. The molecule has 1 N–H and O–H groups in total. The van der Waals surface area contributed by atoms with E-state index in [0.29, 0.717) is 0 Å². The van der Waals surface area contributed by atoms with Gasteiger partial charge in [-0.3, -0.25) is 0 Å². The molecule has 0 saturated carbocycles. The monoisotopic (exact) mass is 373 g/mol. The first-order valence-electron chi connectivity index (χ1n) is 6.69. The second-order valence-corrected chi connectivity index (χ2v) is 9.28. The summed E-state index contributed by atoms with van der Waals surface area (Å²) in [7, 11) is 0. The molecule has 0 bridgehead atoms. The van der Waals surface area contributed by atoms with Crippen molar-refractivity contribution in [3.8, 4) is 9.88 Å². The van der Waals surface area contributed by atoms with E-state index < -0.39 is 0 Å². The Morgan fingerprint density at radius 3 is 2.60 bits per heavy atom. The van der Waals surface area contributed by atoms with E-state index in [1.807, 2.05) is 0 Å². The lowest BCUT2D eigenvalue weighted by atomic mass is 10.1. The van der Waals surface area contributed by atoms with E-state index >= 15 is 0 Å². The number of nitrogens with one attached hydrogen (secondary N) is 1. The first-order valence-corrected chi connectivity index (χ1v) is 9.11. The van der Waals surface area contributed by atoms with E-state index in [9.17, 15) is 0 Å². The molecule has 2 aromatic rings. The van der Waals surface area contributed by atoms with E-state index in [1.54, 1.807) is 22.7 Å². The summed E-state index contributed by atoms with van der Waals surface area (Å²) in [6.45, 7) is 9.68. The lowest BCUT2D eigenvalue weighted by molar-refractivity contribution is 0.422. The standard InChI is InChI=1S/C14H20BrN3S2/c1-9-8-10(19-12(9)15)13-18-17-11(20-13)6-5-7-16-14(2,3)4/h8,16H,5-7H2,1-4H3. The molecule has 20 heavy (non-hydrogen) atoms. The van der Waals surface area contributed by atoms with Crippen molar-refractivity contribution in [1.29, 1.82) is 0 Å². The number of thiophene rings is 1. The van der Waals surface area contributed by atoms with Crippen LogP contribution in [0, 0.1) is 6.92 Å². The maximum absolute atomic E-state index is 4.31. The largest absolute Gasteiger partial charge is 0.312 e. The van der Waals surface area contributed by atoms with Crippen LogP contribution in [0.1, 0.15) is 37.8 Å². The van der Waals surface area contributed by atoms with Gasteiger partial charge in [0, 0.05) is 12.0 Å². The van der Waals surface area contributed by atoms with E-state index in [2.05, 4.69) is 65.2 Å². The normalized spacial score (nSPS) is 12.1. The van der Waals surface area contributed by atoms with Crippen LogP contribution in [0.15, 0.2) is 9.85 Å². The van der Waals surface area contributed by atoms with Gasteiger partial charge in [0.2, 0.25) is 0 Å². The van der Waals surface area contributed by atoms with Gasteiger partial charge in [0.15, 0.2) is 5.01 Å². The summed E-state index contributed by atoms with van der Waals surface area (Å²) in [6, 6.07) is 2.17. The second-order valence-electron chi connectivity index (χ2n) is 5.85. The SMILES string of the molecule is Cc1cc(-c2nnc(CCCNC(C)(C)C)s2)sc1Br. The summed E-state index contributed by atoms with van der Waals surface area (Å²) in [6.07, 6.45) is 2.09. The zero-order valence-electron chi connectivity index (χ0n) is 12.3. The van der Waals surface area contributed by atoms with Gasteiger partial charge < -0.3 is 5.32 Å². The molecule has 2 heterocycles. The number of aryl methyl sites for hydroxylation is 2. The highest BCUT2D eigenvalue weighted by Gasteiger charge is 2.12. The summed E-state index contributed by atoms with van der Waals surface area (Å²) >= 11 is 6.99. The topological polar surface area (TPSA) is 37.8 Å². The Morgan fingerprint density at radius 1 is 1.25 bits per heavy atom. The Hall–Kier alpha value is -0.300. The highest BCUT2D eigenvalue weighted by atomic mass is 79.9. The molecule has 3 nitrogen and oxygen atoms in total. The van der Waals surface area contributed by atoms with Gasteiger partial charge in [-0.05, 0) is 68.2 Å². The Kier molecular flexibility index (Phi) is 5.34. The third kappa shape index (κ3) is 4.62. The van der Waals surface area contributed by atoms with Crippen molar-refractivity contribution in [1.82, 2.24) is 15.5 Å². The molecule has 0 fully saturated rings. The van der Waals surface area contributed by atoms with Crippen molar-refractivity contribution in [2.75, 3.05) is 6.54 Å². The number of halogens is 1. The highest BCUT2D eigenvalue weighted by molar-refractivity contribution is 9.11. The Bertz CT molecular complexity index is 550. The molecule has 0 aliphatic rings. The molecule has 2 aromatic heterocycles. The van der Waals surface area contributed by atoms with Crippen LogP contribution < -0.4 is 5.32 Å². The first-order chi connectivity index (χ1) is 9.35. The van der Waals surface area contributed by atoms with Crippen molar-refractivity contribution in [3.05, 3.63) is 20.4 Å². The molecular weight excluding hydrogens is 354 g/mol. The summed E-state index contributed by atoms with van der Waals surface area (Å²) < 4.78 is 1.18. The van der Waals surface area contributed by atoms with Crippen LogP contribution in [0.5, 0.6) is 0 Å². The van der Waals surface area contributed by atoms with Crippen LogP contribution in [0.2, 0.25) is 0 Å². The van der Waals surface area contributed by atoms with Gasteiger partial charge in [0.1, 0.15) is 5.01 Å². The van der Waals surface area contributed by atoms with Gasteiger partial charge in [-0.15, -0.1) is 21.5 Å². The molecule has 0 saturated heterocycles. The summed E-state index contributed by atoms with van der Waals surface area (Å²) in [4.78, 5) is 1.20. The van der Waals surface area contributed by atoms with E-state index in [0.717, 1.165) is 29.4 Å². The minimum absolute atomic E-state index is 0.188. The van der Waals surface area contributed by atoms with Gasteiger partial charge in [-0.25, -0.2) is 0 Å². The maximum Gasteiger partial charge on any atom is 0.157 e. The summed E-state index contributed by atoms with van der Waals surface area (Å²) in [5, 5.41) is 14.3. The molecule has 0 aliphatic heterocycles. The molecular formula is C14H20BrN3S2. The predicted molar refractivity (Wildman–Crippen MR) is 91.7 cm³/mol. The van der Waals surface area contributed by atoms with Gasteiger partial charge >= 0.3 is 0 Å². The number of nitrogens with zero attached hydrogens (tertiary/aromatic N) is 2. The zero-order chi connectivity index (χ0) is 14.8. The molecule has 0 aliphatic carbocycles. The first kappa shape index (κ1) is 16.1. The van der Waals surface area contributed by atoms with E-state index in [1.165, 1.54) is 14.2 Å². The molecule has 110 valence electrons. The van der Waals surface area contributed by atoms with E-state index in [-0.39, 0.29) is 5.54 Å². The highest BCUT2D eigenvalue weighted by Crippen LogP contribution is 2.36. The quantitative estimate of drug-likeness (QED) is 0.774. The van der Waals surface area contributed by atoms with E-state index in [4.69, 9.17) is 0 Å². The van der Waals surface area contributed by atoms with Crippen LogP contribution in [0.4, 0.5) is 0 Å². The molecule has 0 aromatic carbocycles. The van der Waals surface area contributed by atoms with Crippen molar-refractivity contribution in [2.24, 2.45) is 0 Å². The molecule has 0 amide bonds. The Balaban J connectivity index is 1.89. The minimum Gasteiger partial charge on any atom is -0.312 e. The predicted octanol–water partition coefficient (Wildman–Crippen LogP) is 4.66. The lowest BCUT2D eigenvalue weighted by Crippen LogP contribution is -2.36. The molecule has 0 spiro atoms. The zero-order valence-corrected chi connectivity index (χ0v) is 15.5. The van der Waals surface area contributed by atoms with Gasteiger partial charge in [0.05, 0.1) is 8.66 Å². The number of hydrogen-bond donors (Lipinski definition) is 1. The van der Waals surface area contributed by atoms with Gasteiger partial charge in [0.25, 0.3) is 0 Å². The fourth-order valence-electron chi connectivity index (χ4n) is 1.72. The van der Waals surface area contributed by atoms with Crippen LogP contribution in [-0.2, 0) is 6.42 Å². The van der Waals surface area contributed by atoms with Gasteiger partial charge in [-0.1, -0.05) is 11.3 Å². The van der Waals surface area contributed by atoms with Crippen LogP contribution >= 0.6 is 38.6 Å². The lowest BCUT2D eigenvalue weighted by Gasteiger charge is -2.20. The molecule has 0 atom stereocenters. The number of rotatable bonds is 5. The van der Waals surface area contributed by atoms with Crippen molar-refractivity contribution >= 4 is 38.6 Å². The Labute approximate surface area is 137 Å². The maximum atomic E-state index is 4.31. The van der Waals surface area contributed by atoms with Gasteiger partial charge in [-0.2, -0.15) is 0 Å².